The predicted octanol–water partition coefficient (Wildman–Crippen LogP) is 6.24. The van der Waals surface area contributed by atoms with E-state index in [4.69, 9.17) is 5.41 Å². The second-order valence-electron chi connectivity index (χ2n) is 7.61. The number of allylic oxidation sites excluding steroid dienone is 4. The van der Waals surface area contributed by atoms with Crippen molar-refractivity contribution in [2.75, 3.05) is 0 Å². The number of rotatable bonds is 2. The van der Waals surface area contributed by atoms with Gasteiger partial charge in [0.05, 0.1) is 0 Å². The number of hydrogen-bond acceptors (Lipinski definition) is 1. The van der Waals surface area contributed by atoms with Gasteiger partial charge in [0.1, 0.15) is 0 Å². The summed E-state index contributed by atoms with van der Waals surface area (Å²) in [5, 5.41) is 11.2. The summed E-state index contributed by atoms with van der Waals surface area (Å²) in [6, 6.07) is 12.9. The molecule has 1 N–H and O–H groups in total. The first-order chi connectivity index (χ1) is 10.8. The lowest BCUT2D eigenvalue weighted by molar-refractivity contribution is 0.588. The van der Waals surface area contributed by atoms with Gasteiger partial charge < -0.3 is 5.41 Å². The summed E-state index contributed by atoms with van der Waals surface area (Å²) in [4.78, 5) is 0. The van der Waals surface area contributed by atoms with Crippen LogP contribution in [0.5, 0.6) is 0 Å². The normalized spacial score (nSPS) is 18.0. The first kappa shape index (κ1) is 15.7. The molecule has 0 saturated heterocycles. The summed E-state index contributed by atoms with van der Waals surface area (Å²) in [5.74, 6) is 0.289. The molecule has 0 spiro atoms. The van der Waals surface area contributed by atoms with Gasteiger partial charge in [-0.25, -0.2) is 0 Å². The highest BCUT2D eigenvalue weighted by atomic mass is 14.5. The SMILES string of the molecule is CC1=C(C)C(c2cc3ccccc3cc2C(=N)C(C)(C)C)C=C1. The Morgan fingerprint density at radius 2 is 1.61 bits per heavy atom. The molecular formula is C22H25N. The van der Waals surface area contributed by atoms with Gasteiger partial charge in [-0.2, -0.15) is 0 Å². The summed E-state index contributed by atoms with van der Waals surface area (Å²) >= 11 is 0. The zero-order valence-electron chi connectivity index (χ0n) is 14.7. The molecule has 0 radical (unpaired) electrons. The molecule has 2 aromatic rings. The molecule has 0 aromatic heterocycles. The number of nitrogens with one attached hydrogen (secondary N) is 1. The maximum Gasteiger partial charge on any atom is 0.0442 e. The Morgan fingerprint density at radius 3 is 2.13 bits per heavy atom. The van der Waals surface area contributed by atoms with Crippen molar-refractivity contribution in [1.82, 2.24) is 0 Å². The van der Waals surface area contributed by atoms with Crippen LogP contribution in [0.4, 0.5) is 0 Å². The van der Waals surface area contributed by atoms with Crippen LogP contribution in [0.3, 0.4) is 0 Å². The molecule has 0 fully saturated rings. The third-order valence-corrected chi connectivity index (χ3v) is 4.90. The van der Waals surface area contributed by atoms with Crippen molar-refractivity contribution in [1.29, 1.82) is 5.41 Å². The average Bonchev–Trinajstić information content (AvgIpc) is 2.84. The Labute approximate surface area is 139 Å². The first-order valence-electron chi connectivity index (χ1n) is 8.26. The fourth-order valence-corrected chi connectivity index (χ4v) is 3.23. The highest BCUT2D eigenvalue weighted by Crippen LogP contribution is 2.38. The molecule has 118 valence electrons. The lowest BCUT2D eigenvalue weighted by Gasteiger charge is -2.25. The first-order valence-corrected chi connectivity index (χ1v) is 8.26. The van der Waals surface area contributed by atoms with E-state index in [0.717, 1.165) is 5.56 Å². The molecular weight excluding hydrogens is 278 g/mol. The highest BCUT2D eigenvalue weighted by Gasteiger charge is 2.26. The Bertz CT molecular complexity index is 844. The summed E-state index contributed by atoms with van der Waals surface area (Å²) in [5.41, 5.74) is 5.63. The van der Waals surface area contributed by atoms with Gasteiger partial charge in [-0.05, 0) is 42.3 Å². The van der Waals surface area contributed by atoms with Crippen molar-refractivity contribution in [2.24, 2.45) is 5.41 Å². The fourth-order valence-electron chi connectivity index (χ4n) is 3.23. The standard InChI is InChI=1S/C22H25N/c1-14-10-11-18(15(14)2)19-12-16-8-6-7-9-17(16)13-20(19)21(23)22(3,4)5/h6-13,18,23H,1-5H3. The molecule has 3 rings (SSSR count). The zero-order valence-corrected chi connectivity index (χ0v) is 14.7. The van der Waals surface area contributed by atoms with Crippen LogP contribution < -0.4 is 0 Å². The van der Waals surface area contributed by atoms with E-state index in [1.807, 2.05) is 0 Å². The molecule has 23 heavy (non-hydrogen) atoms. The predicted molar refractivity (Wildman–Crippen MR) is 100 cm³/mol. The van der Waals surface area contributed by atoms with Crippen molar-refractivity contribution < 1.29 is 0 Å². The summed E-state index contributed by atoms with van der Waals surface area (Å²) in [7, 11) is 0. The van der Waals surface area contributed by atoms with Gasteiger partial charge in [0.2, 0.25) is 0 Å². The van der Waals surface area contributed by atoms with Gasteiger partial charge in [0.15, 0.2) is 0 Å². The molecule has 2 aromatic carbocycles. The minimum Gasteiger partial charge on any atom is -0.304 e. The number of fused-ring (bicyclic) bond motifs is 1. The number of hydrogen-bond donors (Lipinski definition) is 1. The summed E-state index contributed by atoms with van der Waals surface area (Å²) < 4.78 is 0. The van der Waals surface area contributed by atoms with Crippen LogP contribution in [0.15, 0.2) is 59.7 Å². The Balaban J connectivity index is 2.26. The zero-order chi connectivity index (χ0) is 16.8. The monoisotopic (exact) mass is 303 g/mol. The van der Waals surface area contributed by atoms with Gasteiger partial charge in [0, 0.05) is 22.6 Å². The van der Waals surface area contributed by atoms with E-state index >= 15 is 0 Å². The van der Waals surface area contributed by atoms with Crippen LogP contribution in [-0.2, 0) is 0 Å². The van der Waals surface area contributed by atoms with Gasteiger partial charge in [-0.1, -0.05) is 68.3 Å². The Hall–Kier alpha value is -2.15. The second-order valence-corrected chi connectivity index (χ2v) is 7.61. The molecule has 1 atom stereocenters. The molecule has 0 saturated carbocycles. The minimum atomic E-state index is -0.161. The molecule has 1 nitrogen and oxygen atoms in total. The Morgan fingerprint density at radius 1 is 1.00 bits per heavy atom. The van der Waals surface area contributed by atoms with Crippen molar-refractivity contribution in [3.05, 3.63) is 70.8 Å². The van der Waals surface area contributed by atoms with Gasteiger partial charge >= 0.3 is 0 Å². The topological polar surface area (TPSA) is 23.9 Å². The lowest BCUT2D eigenvalue weighted by Crippen LogP contribution is -2.22. The molecule has 1 unspecified atom stereocenters. The lowest BCUT2D eigenvalue weighted by atomic mass is 9.79. The summed E-state index contributed by atoms with van der Waals surface area (Å²) in [6.07, 6.45) is 4.48. The molecule has 1 aliphatic rings. The van der Waals surface area contributed by atoms with E-state index in [1.54, 1.807) is 0 Å². The van der Waals surface area contributed by atoms with Crippen LogP contribution in [0.2, 0.25) is 0 Å². The van der Waals surface area contributed by atoms with Gasteiger partial charge in [-0.3, -0.25) is 0 Å². The van der Waals surface area contributed by atoms with Crippen LogP contribution >= 0.6 is 0 Å². The molecule has 0 heterocycles. The van der Waals surface area contributed by atoms with Crippen LogP contribution in [-0.4, -0.2) is 5.71 Å². The van der Waals surface area contributed by atoms with Crippen LogP contribution in [0.1, 0.15) is 51.7 Å². The highest BCUT2D eigenvalue weighted by molar-refractivity contribution is 6.06. The van der Waals surface area contributed by atoms with Crippen molar-refractivity contribution >= 4 is 16.5 Å². The van der Waals surface area contributed by atoms with E-state index in [2.05, 4.69) is 83.2 Å². The maximum atomic E-state index is 8.74. The molecule has 1 heteroatoms. The molecule has 0 aliphatic heterocycles. The van der Waals surface area contributed by atoms with E-state index in [0.29, 0.717) is 5.71 Å². The van der Waals surface area contributed by atoms with Crippen LogP contribution in [0, 0.1) is 10.8 Å². The average molecular weight is 303 g/mol. The third-order valence-electron chi connectivity index (χ3n) is 4.90. The molecule has 0 bridgehead atoms. The number of benzene rings is 2. The van der Waals surface area contributed by atoms with Crippen molar-refractivity contribution in [3.63, 3.8) is 0 Å². The Kier molecular flexibility index (Phi) is 3.75. The van der Waals surface area contributed by atoms with E-state index in [-0.39, 0.29) is 11.3 Å². The van der Waals surface area contributed by atoms with Gasteiger partial charge in [0.25, 0.3) is 0 Å². The minimum absolute atomic E-state index is 0.161. The third kappa shape index (κ3) is 2.76. The molecule has 0 amide bonds. The van der Waals surface area contributed by atoms with Crippen molar-refractivity contribution in [3.8, 4) is 0 Å². The van der Waals surface area contributed by atoms with E-state index < -0.39 is 0 Å². The van der Waals surface area contributed by atoms with Crippen molar-refractivity contribution in [2.45, 2.75) is 40.5 Å². The second kappa shape index (κ2) is 5.49. The van der Waals surface area contributed by atoms with Crippen LogP contribution in [0.25, 0.3) is 10.8 Å². The maximum absolute atomic E-state index is 8.74. The quantitative estimate of drug-likeness (QED) is 0.635. The van der Waals surface area contributed by atoms with E-state index in [1.165, 1.54) is 27.5 Å². The fraction of sp³-hybridized carbons (Fsp3) is 0.318. The molecule has 1 aliphatic carbocycles. The largest absolute Gasteiger partial charge is 0.304 e. The van der Waals surface area contributed by atoms with Gasteiger partial charge in [-0.15, -0.1) is 0 Å². The summed E-state index contributed by atoms with van der Waals surface area (Å²) in [6.45, 7) is 10.7. The van der Waals surface area contributed by atoms with E-state index in [9.17, 15) is 0 Å². The smallest absolute Gasteiger partial charge is 0.0442 e.